The monoisotopic (exact) mass is 342 g/mol. The van der Waals surface area contributed by atoms with E-state index < -0.39 is 0 Å². The first-order chi connectivity index (χ1) is 11.8. The first kappa shape index (κ1) is 22.8. The van der Waals surface area contributed by atoms with E-state index in [4.69, 9.17) is 0 Å². The Kier molecular flexibility index (Phi) is 9.73. The van der Waals surface area contributed by atoms with Crippen LogP contribution in [0.4, 0.5) is 0 Å². The molecular weight excluding hydrogens is 308 g/mol. The van der Waals surface area contributed by atoms with Gasteiger partial charge in [0.2, 0.25) is 0 Å². The molecule has 0 saturated carbocycles. The van der Waals surface area contributed by atoms with Gasteiger partial charge in [-0.2, -0.15) is 0 Å². The Bertz CT molecular complexity index is 648. The van der Waals surface area contributed by atoms with Crippen LogP contribution >= 0.6 is 0 Å². The molecule has 0 atom stereocenters. The normalized spacial score (nSPS) is 9.96. The van der Waals surface area contributed by atoms with Gasteiger partial charge in [0.25, 0.3) is 5.91 Å². The molecule has 0 aliphatic heterocycles. The SMILES string of the molecule is CC.CC.Cc1cc(C)c(C(=O)N(C)C(C)(C)c2ccccc2)cn1. The third-order valence-electron chi connectivity index (χ3n) is 4.10. The van der Waals surface area contributed by atoms with Gasteiger partial charge in [-0.3, -0.25) is 9.78 Å². The maximum Gasteiger partial charge on any atom is 0.256 e. The summed E-state index contributed by atoms with van der Waals surface area (Å²) in [6.45, 7) is 16.0. The predicted molar refractivity (Wildman–Crippen MR) is 108 cm³/mol. The first-order valence-electron chi connectivity index (χ1n) is 9.11. The Morgan fingerprint density at radius 3 is 2.00 bits per heavy atom. The molecule has 138 valence electrons. The molecular formula is C22H34N2O. The van der Waals surface area contributed by atoms with Crippen molar-refractivity contribution in [3.05, 3.63) is 65.0 Å². The number of hydrogen-bond acceptors (Lipinski definition) is 2. The summed E-state index contributed by atoms with van der Waals surface area (Å²) in [4.78, 5) is 18.8. The van der Waals surface area contributed by atoms with Gasteiger partial charge in [-0.25, -0.2) is 0 Å². The third kappa shape index (κ3) is 5.70. The highest BCUT2D eigenvalue weighted by atomic mass is 16.2. The lowest BCUT2D eigenvalue weighted by Crippen LogP contribution is -2.43. The summed E-state index contributed by atoms with van der Waals surface area (Å²) in [5.41, 5.74) is 3.28. The summed E-state index contributed by atoms with van der Waals surface area (Å²) in [5.74, 6) is -0.00569. The molecule has 0 aliphatic rings. The van der Waals surface area contributed by atoms with Gasteiger partial charge in [-0.05, 0) is 44.9 Å². The lowest BCUT2D eigenvalue weighted by atomic mass is 9.92. The van der Waals surface area contributed by atoms with Gasteiger partial charge in [0.1, 0.15) is 0 Å². The van der Waals surface area contributed by atoms with Gasteiger partial charge in [0, 0.05) is 18.9 Å². The summed E-state index contributed by atoms with van der Waals surface area (Å²) < 4.78 is 0. The van der Waals surface area contributed by atoms with Crippen molar-refractivity contribution in [2.24, 2.45) is 0 Å². The minimum Gasteiger partial charge on any atom is -0.332 e. The van der Waals surface area contributed by atoms with E-state index in [0.29, 0.717) is 5.56 Å². The van der Waals surface area contributed by atoms with E-state index in [1.807, 2.05) is 85.0 Å². The van der Waals surface area contributed by atoms with Crippen LogP contribution in [0, 0.1) is 13.8 Å². The number of hydrogen-bond donors (Lipinski definition) is 0. The number of aryl methyl sites for hydroxylation is 2. The minimum absolute atomic E-state index is 0.00569. The number of benzene rings is 1. The summed E-state index contributed by atoms with van der Waals surface area (Å²) in [5, 5.41) is 0. The molecule has 2 rings (SSSR count). The van der Waals surface area contributed by atoms with E-state index in [9.17, 15) is 4.79 Å². The fourth-order valence-electron chi connectivity index (χ4n) is 2.39. The number of aromatic nitrogens is 1. The third-order valence-corrected chi connectivity index (χ3v) is 4.10. The average Bonchev–Trinajstić information content (AvgIpc) is 2.64. The van der Waals surface area contributed by atoms with Gasteiger partial charge in [0.05, 0.1) is 11.1 Å². The van der Waals surface area contributed by atoms with Crippen LogP contribution in [-0.2, 0) is 5.54 Å². The smallest absolute Gasteiger partial charge is 0.256 e. The van der Waals surface area contributed by atoms with E-state index >= 15 is 0 Å². The molecule has 0 aliphatic carbocycles. The van der Waals surface area contributed by atoms with Crippen LogP contribution in [0.3, 0.4) is 0 Å². The molecule has 0 radical (unpaired) electrons. The number of carbonyl (C=O) groups is 1. The quantitative estimate of drug-likeness (QED) is 0.710. The molecule has 0 bridgehead atoms. The zero-order valence-electron chi connectivity index (χ0n) is 17.3. The standard InChI is InChI=1S/C18H22N2O.2C2H6/c1-13-11-14(2)19-12-16(13)17(21)20(5)18(3,4)15-9-7-6-8-10-15;2*1-2/h6-12H,1-5H3;2*1-2H3. The second-order valence-corrected chi connectivity index (χ2v) is 5.93. The van der Waals surface area contributed by atoms with E-state index in [2.05, 4.69) is 18.8 Å². The highest BCUT2D eigenvalue weighted by Crippen LogP contribution is 2.28. The number of rotatable bonds is 3. The van der Waals surface area contributed by atoms with Gasteiger partial charge in [-0.15, -0.1) is 0 Å². The van der Waals surface area contributed by atoms with Crippen LogP contribution in [0.2, 0.25) is 0 Å². The van der Waals surface area contributed by atoms with Crippen LogP contribution in [-0.4, -0.2) is 22.8 Å². The van der Waals surface area contributed by atoms with E-state index in [0.717, 1.165) is 16.8 Å². The van der Waals surface area contributed by atoms with Gasteiger partial charge < -0.3 is 4.90 Å². The zero-order valence-corrected chi connectivity index (χ0v) is 17.3. The maximum absolute atomic E-state index is 12.8. The molecule has 3 heteroatoms. The molecule has 0 unspecified atom stereocenters. The van der Waals surface area contributed by atoms with Crippen molar-refractivity contribution < 1.29 is 4.79 Å². The zero-order chi connectivity index (χ0) is 19.6. The average molecular weight is 343 g/mol. The molecule has 3 nitrogen and oxygen atoms in total. The molecule has 1 aromatic carbocycles. The van der Waals surface area contributed by atoms with Gasteiger partial charge >= 0.3 is 0 Å². The first-order valence-corrected chi connectivity index (χ1v) is 9.11. The van der Waals surface area contributed by atoms with Crippen LogP contribution in [0.5, 0.6) is 0 Å². The lowest BCUT2D eigenvalue weighted by molar-refractivity contribution is 0.0621. The Morgan fingerprint density at radius 2 is 1.52 bits per heavy atom. The highest BCUT2D eigenvalue weighted by Gasteiger charge is 2.30. The largest absolute Gasteiger partial charge is 0.332 e. The minimum atomic E-state index is -0.379. The lowest BCUT2D eigenvalue weighted by Gasteiger charge is -2.36. The van der Waals surface area contributed by atoms with Crippen LogP contribution in [0.15, 0.2) is 42.6 Å². The molecule has 1 heterocycles. The van der Waals surface area contributed by atoms with Crippen molar-refractivity contribution in [2.75, 3.05) is 7.05 Å². The second-order valence-electron chi connectivity index (χ2n) is 5.93. The number of nitrogens with zero attached hydrogens (tertiary/aromatic N) is 2. The Balaban J connectivity index is 0.00000134. The fraction of sp³-hybridized carbons (Fsp3) is 0.455. The second kappa shape index (κ2) is 10.7. The number of carbonyl (C=O) groups excluding carboxylic acids is 1. The summed E-state index contributed by atoms with van der Waals surface area (Å²) in [6, 6.07) is 12.0. The molecule has 0 saturated heterocycles. The van der Waals surface area contributed by atoms with Crippen LogP contribution in [0.1, 0.15) is 68.7 Å². The Labute approximate surface area is 154 Å². The number of amides is 1. The summed E-state index contributed by atoms with van der Waals surface area (Å²) >= 11 is 0. The van der Waals surface area contributed by atoms with Crippen molar-refractivity contribution in [3.8, 4) is 0 Å². The molecule has 25 heavy (non-hydrogen) atoms. The van der Waals surface area contributed by atoms with Gasteiger partial charge in [0.15, 0.2) is 0 Å². The van der Waals surface area contributed by atoms with Crippen molar-refractivity contribution in [1.29, 1.82) is 0 Å². The molecule has 0 spiro atoms. The topological polar surface area (TPSA) is 33.2 Å². The van der Waals surface area contributed by atoms with Crippen molar-refractivity contribution >= 4 is 5.91 Å². The maximum atomic E-state index is 12.8. The molecule has 1 aromatic heterocycles. The summed E-state index contributed by atoms with van der Waals surface area (Å²) in [7, 11) is 1.84. The number of pyridine rings is 1. The van der Waals surface area contributed by atoms with Crippen molar-refractivity contribution in [2.45, 2.75) is 60.9 Å². The molecule has 1 amide bonds. The molecule has 2 aromatic rings. The van der Waals surface area contributed by atoms with E-state index in [-0.39, 0.29) is 11.4 Å². The van der Waals surface area contributed by atoms with Crippen molar-refractivity contribution in [1.82, 2.24) is 9.88 Å². The predicted octanol–water partition coefficient (Wildman–Crippen LogP) is 5.76. The van der Waals surface area contributed by atoms with E-state index in [1.165, 1.54) is 0 Å². The van der Waals surface area contributed by atoms with Crippen LogP contribution in [0.25, 0.3) is 0 Å². The summed E-state index contributed by atoms with van der Waals surface area (Å²) in [6.07, 6.45) is 1.67. The van der Waals surface area contributed by atoms with Crippen LogP contribution < -0.4 is 0 Å². The Hall–Kier alpha value is -2.16. The van der Waals surface area contributed by atoms with Gasteiger partial charge in [-0.1, -0.05) is 58.0 Å². The molecule has 0 fully saturated rings. The van der Waals surface area contributed by atoms with E-state index in [1.54, 1.807) is 11.1 Å². The Morgan fingerprint density at radius 1 is 1.00 bits per heavy atom. The van der Waals surface area contributed by atoms with Crippen molar-refractivity contribution in [3.63, 3.8) is 0 Å². The molecule has 0 N–H and O–H groups in total. The highest BCUT2D eigenvalue weighted by molar-refractivity contribution is 5.95. The fourth-order valence-corrected chi connectivity index (χ4v) is 2.39.